The Morgan fingerprint density at radius 2 is 1.35 bits per heavy atom. The minimum Gasteiger partial charge on any atom is -0.505 e. The lowest BCUT2D eigenvalue weighted by molar-refractivity contribution is 0.144. The first-order valence-electron chi connectivity index (χ1n) is 17.8. The van der Waals surface area contributed by atoms with E-state index in [4.69, 9.17) is 4.74 Å². The van der Waals surface area contributed by atoms with E-state index in [-0.39, 0.29) is 22.4 Å². The second-order valence-electron chi connectivity index (χ2n) is 13.1. The summed E-state index contributed by atoms with van der Waals surface area (Å²) in [5.74, 6) is 0.602. The summed E-state index contributed by atoms with van der Waals surface area (Å²) in [6, 6.07) is 23.8. The molecule has 4 aromatic carbocycles. The number of aliphatic hydroxyl groups is 1. The summed E-state index contributed by atoms with van der Waals surface area (Å²) in [6.45, 7) is 7.94. The minimum absolute atomic E-state index is 0.00185. The van der Waals surface area contributed by atoms with Crippen LogP contribution in [0.4, 0.5) is 17.1 Å². The lowest BCUT2D eigenvalue weighted by atomic mass is 10.0. The molecule has 0 aromatic heterocycles. The molecule has 4 rings (SSSR count). The molecule has 2 N–H and O–H groups in total. The number of anilines is 1. The maximum absolute atomic E-state index is 14.0. The summed E-state index contributed by atoms with van der Waals surface area (Å²) in [7, 11) is -3.93. The van der Waals surface area contributed by atoms with Gasteiger partial charge in [-0.15, -0.1) is 5.11 Å². The van der Waals surface area contributed by atoms with Crippen LogP contribution < -0.4 is 9.04 Å². The largest absolute Gasteiger partial charge is 0.505 e. The first-order chi connectivity index (χ1) is 23.6. The van der Waals surface area contributed by atoms with Crippen molar-refractivity contribution in [3.05, 3.63) is 84.9 Å². The summed E-state index contributed by atoms with van der Waals surface area (Å²) in [5, 5.41) is 32.0. The van der Waals surface area contributed by atoms with Crippen LogP contribution in [0.15, 0.2) is 100 Å². The van der Waals surface area contributed by atoms with Crippen molar-refractivity contribution >= 4 is 37.9 Å². The molecule has 0 spiro atoms. The maximum Gasteiger partial charge on any atom is 0.264 e. The van der Waals surface area contributed by atoms with Gasteiger partial charge in [-0.25, -0.2) is 8.42 Å². The first kappa shape index (κ1) is 37.9. The van der Waals surface area contributed by atoms with Crippen molar-refractivity contribution in [1.29, 1.82) is 0 Å². The zero-order chi connectivity index (χ0) is 35.2. The molecule has 264 valence electrons. The first-order valence-corrected chi connectivity index (χ1v) is 19.3. The third-order valence-electron chi connectivity index (χ3n) is 8.65. The van der Waals surface area contributed by atoms with Crippen LogP contribution in [0.1, 0.15) is 98.3 Å². The lowest BCUT2D eigenvalue weighted by Crippen LogP contribution is -2.40. The predicted octanol–water partition coefficient (Wildman–Crippen LogP) is 11.0. The molecule has 8 nitrogen and oxygen atoms in total. The molecule has 0 bridgehead atoms. The van der Waals surface area contributed by atoms with E-state index in [9.17, 15) is 18.6 Å². The van der Waals surface area contributed by atoms with Crippen LogP contribution >= 0.6 is 0 Å². The molecule has 9 heteroatoms. The number of aromatic hydroxyl groups is 1. The Balaban J connectivity index is 1.49. The zero-order valence-electron chi connectivity index (χ0n) is 29.5. The molecule has 49 heavy (non-hydrogen) atoms. The van der Waals surface area contributed by atoms with Crippen molar-refractivity contribution in [2.45, 2.75) is 121 Å². The smallest absolute Gasteiger partial charge is 0.264 e. The van der Waals surface area contributed by atoms with Crippen LogP contribution in [-0.2, 0) is 10.0 Å². The molecular formula is C40H53N3O5S. The summed E-state index contributed by atoms with van der Waals surface area (Å²) in [4.78, 5) is 0.185. The average molecular weight is 688 g/mol. The number of hydrogen-bond donors (Lipinski definition) is 2. The Morgan fingerprint density at radius 3 is 1.98 bits per heavy atom. The highest BCUT2D eigenvalue weighted by atomic mass is 32.2. The molecule has 0 amide bonds. The summed E-state index contributed by atoms with van der Waals surface area (Å²) in [6.07, 6.45) is 11.1. The van der Waals surface area contributed by atoms with E-state index in [0.29, 0.717) is 35.4 Å². The molecule has 0 heterocycles. The normalized spacial score (nSPS) is 13.3. The third kappa shape index (κ3) is 10.8. The molecule has 0 saturated carbocycles. The highest BCUT2D eigenvalue weighted by Gasteiger charge is 2.30. The van der Waals surface area contributed by atoms with Crippen LogP contribution in [0.5, 0.6) is 11.5 Å². The van der Waals surface area contributed by atoms with Crippen LogP contribution in [0, 0.1) is 0 Å². The number of fused-ring (bicyclic) bond motifs is 1. The number of unbranched alkanes of at least 4 members (excludes halogenated alkanes) is 8. The molecule has 2 unspecified atom stereocenters. The maximum atomic E-state index is 14.0. The number of benzene rings is 4. The van der Waals surface area contributed by atoms with E-state index >= 15 is 0 Å². The Morgan fingerprint density at radius 1 is 0.755 bits per heavy atom. The summed E-state index contributed by atoms with van der Waals surface area (Å²) >= 11 is 0. The summed E-state index contributed by atoms with van der Waals surface area (Å²) in [5.41, 5.74) is 1.21. The van der Waals surface area contributed by atoms with Crippen molar-refractivity contribution in [2.75, 3.05) is 4.31 Å². The van der Waals surface area contributed by atoms with Gasteiger partial charge in [-0.1, -0.05) is 107 Å². The van der Waals surface area contributed by atoms with Crippen molar-refractivity contribution in [3.8, 4) is 11.5 Å². The second kappa shape index (κ2) is 18.7. The highest BCUT2D eigenvalue weighted by molar-refractivity contribution is 7.92. The Hall–Kier alpha value is -3.95. The van der Waals surface area contributed by atoms with E-state index in [1.54, 1.807) is 60.7 Å². The van der Waals surface area contributed by atoms with E-state index < -0.39 is 22.2 Å². The molecule has 0 aliphatic rings. The van der Waals surface area contributed by atoms with E-state index in [2.05, 4.69) is 17.2 Å². The quantitative estimate of drug-likeness (QED) is 0.0709. The van der Waals surface area contributed by atoms with Crippen LogP contribution in [0.25, 0.3) is 10.8 Å². The molecular weight excluding hydrogens is 635 g/mol. The van der Waals surface area contributed by atoms with Crippen LogP contribution in [-0.4, -0.2) is 36.9 Å². The van der Waals surface area contributed by atoms with Crippen molar-refractivity contribution in [3.63, 3.8) is 0 Å². The van der Waals surface area contributed by atoms with Crippen molar-refractivity contribution < 1.29 is 23.4 Å². The fraction of sp³-hybridized carbons (Fsp3) is 0.450. The van der Waals surface area contributed by atoms with E-state index in [1.807, 2.05) is 45.0 Å². The third-order valence-corrected chi connectivity index (χ3v) is 10.6. The van der Waals surface area contributed by atoms with Gasteiger partial charge >= 0.3 is 0 Å². The highest BCUT2D eigenvalue weighted by Crippen LogP contribution is 2.42. The minimum atomic E-state index is -3.93. The Bertz CT molecular complexity index is 1730. The number of azo groups is 1. The van der Waals surface area contributed by atoms with E-state index in [0.717, 1.165) is 18.2 Å². The zero-order valence-corrected chi connectivity index (χ0v) is 30.3. The predicted molar refractivity (Wildman–Crippen MR) is 200 cm³/mol. The molecule has 0 fully saturated rings. The van der Waals surface area contributed by atoms with Gasteiger partial charge in [0.1, 0.15) is 11.4 Å². The Kier molecular flexibility index (Phi) is 14.5. The molecule has 0 aliphatic heterocycles. The number of nitrogens with zero attached hydrogens (tertiary/aromatic N) is 3. The number of phenolic OH excluding ortho intramolecular Hbond substituents is 1. The summed E-state index contributed by atoms with van der Waals surface area (Å²) < 4.78 is 35.4. The number of hydrogen-bond acceptors (Lipinski definition) is 7. The Labute approximate surface area is 292 Å². The van der Waals surface area contributed by atoms with E-state index in [1.165, 1.54) is 49.3 Å². The number of sulfonamides is 1. The lowest BCUT2D eigenvalue weighted by Gasteiger charge is -2.32. The van der Waals surface area contributed by atoms with Crippen molar-refractivity contribution in [1.82, 2.24) is 0 Å². The van der Waals surface area contributed by atoms with Gasteiger partial charge < -0.3 is 14.9 Å². The van der Waals surface area contributed by atoms with Gasteiger partial charge in [-0.2, -0.15) is 5.11 Å². The fourth-order valence-corrected chi connectivity index (χ4v) is 7.84. The molecule has 4 aromatic rings. The average Bonchev–Trinajstić information content (AvgIpc) is 3.09. The van der Waals surface area contributed by atoms with Gasteiger partial charge in [0, 0.05) is 22.9 Å². The number of phenols is 1. The molecule has 2 atom stereocenters. The number of ether oxygens (including phenoxy) is 1. The molecule has 0 saturated heterocycles. The fourth-order valence-electron chi connectivity index (χ4n) is 6.15. The molecule has 0 aliphatic carbocycles. The number of aliphatic hydroxyl groups excluding tert-OH is 1. The van der Waals surface area contributed by atoms with Crippen molar-refractivity contribution in [2.24, 2.45) is 10.2 Å². The van der Waals surface area contributed by atoms with Gasteiger partial charge in [-0.05, 0) is 70.0 Å². The monoisotopic (exact) mass is 687 g/mol. The molecule has 0 radical (unpaired) electrons. The van der Waals surface area contributed by atoms with Crippen LogP contribution in [0.2, 0.25) is 0 Å². The topological polar surface area (TPSA) is 112 Å². The SMILES string of the molecule is CCCCCCCCCCCC(O)CC(C)N(c1ccc(N=Nc2cc(OC(C)C)c3ccccc3c2O)cc1)S(=O)(=O)c1ccccc1. The standard InChI is InChI=1S/C40H53N3O5S/c1-5-6-7-8-9-10-11-12-14-19-34(44)28-31(4)43(49(46,47)35-20-15-13-16-21-35)33-26-24-32(25-27-33)41-42-38-29-39(48-30(2)3)36-22-17-18-23-37(36)40(38)45/h13,15-18,20-27,29-31,34,44-45H,5-12,14,19,28H2,1-4H3. The van der Waals surface area contributed by atoms with Gasteiger partial charge in [0.05, 0.1) is 28.5 Å². The van der Waals surface area contributed by atoms with Gasteiger partial charge in [0.15, 0.2) is 5.75 Å². The van der Waals surface area contributed by atoms with Gasteiger partial charge in [0.2, 0.25) is 0 Å². The second-order valence-corrected chi connectivity index (χ2v) is 15.0. The van der Waals surface area contributed by atoms with Crippen LogP contribution in [0.3, 0.4) is 0 Å². The van der Waals surface area contributed by atoms with Gasteiger partial charge in [0.25, 0.3) is 10.0 Å². The number of rotatable bonds is 20. The van der Waals surface area contributed by atoms with Gasteiger partial charge in [-0.3, -0.25) is 4.31 Å².